The van der Waals surface area contributed by atoms with Crippen LogP contribution in [0, 0.1) is 5.41 Å². The summed E-state index contributed by atoms with van der Waals surface area (Å²) in [6.45, 7) is 6.27. The predicted molar refractivity (Wildman–Crippen MR) is 92.4 cm³/mol. The Bertz CT molecular complexity index is 905. The fraction of sp³-hybridized carbons (Fsp3) is 0.278. The number of hydrogen-bond donors (Lipinski definition) is 2. The second-order valence-electron chi connectivity index (χ2n) is 6.68. The van der Waals surface area contributed by atoms with E-state index in [2.05, 4.69) is 41.0 Å². The summed E-state index contributed by atoms with van der Waals surface area (Å²) in [5.41, 5.74) is 1.47. The second kappa shape index (κ2) is 5.83. The van der Waals surface area contributed by atoms with E-state index in [1.165, 1.54) is 0 Å². The van der Waals surface area contributed by atoms with E-state index in [-0.39, 0.29) is 17.0 Å². The summed E-state index contributed by atoms with van der Waals surface area (Å²) >= 11 is 0. The zero-order valence-electron chi connectivity index (χ0n) is 13.5. The smallest absolute Gasteiger partial charge is 0.276 e. The third kappa shape index (κ3) is 3.23. The number of H-pyrrole nitrogens is 1. The molecule has 1 unspecified atom stereocenters. The van der Waals surface area contributed by atoms with Gasteiger partial charge in [0.25, 0.3) is 5.56 Å². The first kappa shape index (κ1) is 15.2. The maximum Gasteiger partial charge on any atom is 0.276 e. The molecule has 0 spiro atoms. The molecule has 5 heteroatoms. The molecule has 0 bridgehead atoms. The highest BCUT2D eigenvalue weighted by Gasteiger charge is 2.31. The van der Waals surface area contributed by atoms with Crippen LogP contribution in [0.1, 0.15) is 26.3 Å². The van der Waals surface area contributed by atoms with Crippen LogP contribution in [0.15, 0.2) is 46.3 Å². The number of hydrogen-bond acceptors (Lipinski definition) is 4. The number of nitrogens with zero attached hydrogens (tertiary/aromatic N) is 2. The van der Waals surface area contributed by atoms with Gasteiger partial charge < -0.3 is 10.3 Å². The third-order valence-corrected chi connectivity index (χ3v) is 3.72. The lowest BCUT2D eigenvalue weighted by atomic mass is 9.85. The van der Waals surface area contributed by atoms with Crippen molar-refractivity contribution in [3.05, 3.63) is 63.1 Å². The maximum absolute atomic E-state index is 12.4. The molecule has 0 radical (unpaired) electrons. The van der Waals surface area contributed by atoms with E-state index < -0.39 is 0 Å². The summed E-state index contributed by atoms with van der Waals surface area (Å²) in [7, 11) is 0. The van der Waals surface area contributed by atoms with Crippen LogP contribution in [-0.4, -0.2) is 22.3 Å². The highest BCUT2D eigenvalue weighted by atomic mass is 16.1. The Balaban J connectivity index is 2.09. The molecular formula is C18H20N4O. The summed E-state index contributed by atoms with van der Waals surface area (Å²) in [4.78, 5) is 24.1. The van der Waals surface area contributed by atoms with Crippen molar-refractivity contribution >= 4 is 18.1 Å². The number of aliphatic imine (C=N–C) groups is 1. The predicted octanol–water partition coefficient (Wildman–Crippen LogP) is 0.753. The standard InChI is InChI=1S/C18H20N4O/c1-18(2,3)16-14(20-11-21-16)15-17(23)22-13(10-19-15)9-12-7-5-4-6-8-12/h4-11,16H,1-3H3,(H,20,21)(H,22,23)/b13-9-,15-14+. The van der Waals surface area contributed by atoms with Crippen LogP contribution < -0.4 is 21.6 Å². The minimum atomic E-state index is -0.211. The van der Waals surface area contributed by atoms with Crippen molar-refractivity contribution < 1.29 is 0 Å². The van der Waals surface area contributed by atoms with E-state index in [0.29, 0.717) is 10.7 Å². The summed E-state index contributed by atoms with van der Waals surface area (Å²) in [6, 6.07) is 9.72. The lowest BCUT2D eigenvalue weighted by Gasteiger charge is -2.24. The Morgan fingerprint density at radius 1 is 1.17 bits per heavy atom. The van der Waals surface area contributed by atoms with E-state index in [1.54, 1.807) is 12.5 Å². The Labute approximate surface area is 134 Å². The van der Waals surface area contributed by atoms with Crippen LogP contribution in [0.4, 0.5) is 0 Å². The van der Waals surface area contributed by atoms with Gasteiger partial charge in [0.15, 0.2) is 0 Å². The van der Waals surface area contributed by atoms with Gasteiger partial charge in [0.1, 0.15) is 5.35 Å². The van der Waals surface area contributed by atoms with Gasteiger partial charge in [0.05, 0.1) is 29.6 Å². The molecule has 1 aromatic carbocycles. The van der Waals surface area contributed by atoms with Gasteiger partial charge in [-0.3, -0.25) is 9.79 Å². The fourth-order valence-corrected chi connectivity index (χ4v) is 2.60. The average Bonchev–Trinajstić information content (AvgIpc) is 2.98. The van der Waals surface area contributed by atoms with Crippen molar-refractivity contribution in [1.82, 2.24) is 15.3 Å². The number of benzene rings is 1. The summed E-state index contributed by atoms with van der Waals surface area (Å²) in [5.74, 6) is 0. The fourth-order valence-electron chi connectivity index (χ4n) is 2.60. The number of rotatable bonds is 1. The lowest BCUT2D eigenvalue weighted by molar-refractivity contribution is 0.376. The van der Waals surface area contributed by atoms with Crippen LogP contribution in [0.2, 0.25) is 0 Å². The summed E-state index contributed by atoms with van der Waals surface area (Å²) < 4.78 is 0. The molecule has 1 aromatic heterocycles. The molecule has 2 N–H and O–H groups in total. The Morgan fingerprint density at radius 3 is 2.57 bits per heavy atom. The van der Waals surface area contributed by atoms with Gasteiger partial charge in [-0.25, -0.2) is 4.98 Å². The second-order valence-corrected chi connectivity index (χ2v) is 6.68. The SMILES string of the molecule is CC(C)(C)C1N=CN/C1=c1/nc/c(=C/c2ccccc2)[nH]c1=O. The molecule has 5 nitrogen and oxygen atoms in total. The Hall–Kier alpha value is -2.69. The van der Waals surface area contributed by atoms with Gasteiger partial charge in [0.2, 0.25) is 0 Å². The molecule has 1 atom stereocenters. The number of aromatic nitrogens is 2. The van der Waals surface area contributed by atoms with E-state index in [9.17, 15) is 4.79 Å². The van der Waals surface area contributed by atoms with Crippen molar-refractivity contribution in [1.29, 1.82) is 0 Å². The van der Waals surface area contributed by atoms with Gasteiger partial charge in [-0.15, -0.1) is 0 Å². The highest BCUT2D eigenvalue weighted by molar-refractivity contribution is 5.75. The lowest BCUT2D eigenvalue weighted by Crippen LogP contribution is -2.43. The summed E-state index contributed by atoms with van der Waals surface area (Å²) in [5, 5.41) is 4.15. The highest BCUT2D eigenvalue weighted by Crippen LogP contribution is 2.28. The van der Waals surface area contributed by atoms with Gasteiger partial charge in [-0.05, 0) is 17.1 Å². The molecule has 0 amide bonds. The first-order valence-electron chi connectivity index (χ1n) is 7.60. The molecule has 0 saturated heterocycles. The number of aromatic amines is 1. The minimum absolute atomic E-state index is 0.0850. The van der Waals surface area contributed by atoms with Gasteiger partial charge >= 0.3 is 0 Å². The molecule has 0 fully saturated rings. The van der Waals surface area contributed by atoms with Crippen molar-refractivity contribution in [2.75, 3.05) is 0 Å². The molecule has 2 aromatic rings. The van der Waals surface area contributed by atoms with E-state index in [4.69, 9.17) is 0 Å². The van der Waals surface area contributed by atoms with Crippen LogP contribution >= 0.6 is 0 Å². The van der Waals surface area contributed by atoms with Crippen molar-refractivity contribution in [2.45, 2.75) is 26.8 Å². The van der Waals surface area contributed by atoms with E-state index in [0.717, 1.165) is 11.3 Å². The minimum Gasteiger partial charge on any atom is -0.346 e. The van der Waals surface area contributed by atoms with Crippen LogP contribution in [0.3, 0.4) is 0 Å². The average molecular weight is 308 g/mol. The Morgan fingerprint density at radius 2 is 1.91 bits per heavy atom. The third-order valence-electron chi connectivity index (χ3n) is 3.72. The largest absolute Gasteiger partial charge is 0.346 e. The Kier molecular flexibility index (Phi) is 3.86. The van der Waals surface area contributed by atoms with Crippen LogP contribution in [-0.2, 0) is 0 Å². The van der Waals surface area contributed by atoms with Gasteiger partial charge in [-0.1, -0.05) is 51.1 Å². The van der Waals surface area contributed by atoms with Crippen LogP contribution in [0.25, 0.3) is 11.8 Å². The molecule has 0 saturated carbocycles. The van der Waals surface area contributed by atoms with Gasteiger partial charge in [0, 0.05) is 0 Å². The molecule has 118 valence electrons. The molecule has 1 aliphatic heterocycles. The zero-order valence-corrected chi connectivity index (χ0v) is 13.5. The topological polar surface area (TPSA) is 70.1 Å². The quantitative estimate of drug-likeness (QED) is 0.817. The molecule has 3 rings (SSSR count). The maximum atomic E-state index is 12.4. The van der Waals surface area contributed by atoms with Crippen molar-refractivity contribution in [3.8, 4) is 0 Å². The van der Waals surface area contributed by atoms with Crippen molar-refractivity contribution in [3.63, 3.8) is 0 Å². The molecule has 0 aliphatic carbocycles. The molecule has 23 heavy (non-hydrogen) atoms. The van der Waals surface area contributed by atoms with Crippen molar-refractivity contribution in [2.24, 2.45) is 10.4 Å². The van der Waals surface area contributed by atoms with Crippen LogP contribution in [0.5, 0.6) is 0 Å². The normalized spacial score (nSPS) is 20.7. The van der Waals surface area contributed by atoms with E-state index >= 15 is 0 Å². The van der Waals surface area contributed by atoms with Gasteiger partial charge in [-0.2, -0.15) is 0 Å². The van der Waals surface area contributed by atoms with E-state index in [1.807, 2.05) is 36.4 Å². The molecule has 2 heterocycles. The first-order valence-corrected chi connectivity index (χ1v) is 7.60. The summed E-state index contributed by atoms with van der Waals surface area (Å²) in [6.07, 6.45) is 5.20. The zero-order chi connectivity index (χ0) is 16.4. The monoisotopic (exact) mass is 308 g/mol. The number of nitrogens with one attached hydrogen (secondary N) is 2. The first-order chi connectivity index (χ1) is 10.9. The molecular weight excluding hydrogens is 288 g/mol. The molecule has 1 aliphatic rings.